The molecule has 0 aromatic heterocycles. The van der Waals surface area contributed by atoms with Crippen LogP contribution in [0.4, 0.5) is 0 Å². The summed E-state index contributed by atoms with van der Waals surface area (Å²) >= 11 is 0. The van der Waals surface area contributed by atoms with Gasteiger partial charge in [0.15, 0.2) is 0 Å². The number of carbonyl (C=O) groups excluding carboxylic acids is 1. The number of aliphatic imine (C=N–C) groups is 1. The standard InChI is InChI=1S/C11H11NO/c1-10(7-8-13)12-9-11-5-3-2-4-6-11/h2-9H,1H3/b10-7+,12-9?. The van der Waals surface area contributed by atoms with E-state index in [0.29, 0.717) is 5.70 Å². The van der Waals surface area contributed by atoms with Crippen LogP contribution in [0.5, 0.6) is 0 Å². The van der Waals surface area contributed by atoms with E-state index >= 15 is 0 Å². The molecule has 0 aliphatic carbocycles. The molecule has 0 bridgehead atoms. The van der Waals surface area contributed by atoms with E-state index < -0.39 is 0 Å². The Bertz CT molecular complexity index is 325. The van der Waals surface area contributed by atoms with Gasteiger partial charge < -0.3 is 0 Å². The number of aldehydes is 1. The molecule has 1 rings (SSSR count). The first kappa shape index (κ1) is 9.39. The lowest BCUT2D eigenvalue weighted by atomic mass is 10.2. The number of carbonyl (C=O) groups is 1. The molecule has 66 valence electrons. The van der Waals surface area contributed by atoms with Crippen LogP contribution in [0.25, 0.3) is 0 Å². The van der Waals surface area contributed by atoms with Crippen molar-refractivity contribution in [1.29, 1.82) is 0 Å². The van der Waals surface area contributed by atoms with Gasteiger partial charge in [-0.3, -0.25) is 9.79 Å². The number of hydrogen-bond donors (Lipinski definition) is 0. The predicted octanol–water partition coefficient (Wildman–Crippen LogP) is 2.21. The van der Waals surface area contributed by atoms with Crippen LogP contribution in [-0.4, -0.2) is 12.5 Å². The zero-order valence-electron chi connectivity index (χ0n) is 7.47. The van der Waals surface area contributed by atoms with E-state index in [1.807, 2.05) is 30.3 Å². The Kier molecular flexibility index (Phi) is 3.64. The highest BCUT2D eigenvalue weighted by atomic mass is 16.1. The molecule has 0 unspecified atom stereocenters. The fourth-order valence-electron chi connectivity index (χ4n) is 0.857. The largest absolute Gasteiger partial charge is 0.298 e. The third-order valence-electron chi connectivity index (χ3n) is 1.53. The minimum atomic E-state index is 0.707. The quantitative estimate of drug-likeness (QED) is 0.391. The molecule has 2 nitrogen and oxygen atoms in total. The smallest absolute Gasteiger partial charge is 0.144 e. The second-order valence-electron chi connectivity index (χ2n) is 2.61. The highest BCUT2D eigenvalue weighted by Gasteiger charge is 1.84. The molecule has 2 heteroatoms. The van der Waals surface area contributed by atoms with Crippen LogP contribution in [0, 0.1) is 0 Å². The van der Waals surface area contributed by atoms with Gasteiger partial charge in [0.05, 0.1) is 0 Å². The molecule has 0 fully saturated rings. The lowest BCUT2D eigenvalue weighted by Crippen LogP contribution is -1.79. The fourth-order valence-corrected chi connectivity index (χ4v) is 0.857. The summed E-state index contributed by atoms with van der Waals surface area (Å²) in [6, 6.07) is 9.75. The van der Waals surface area contributed by atoms with Gasteiger partial charge in [-0.1, -0.05) is 30.3 Å². The van der Waals surface area contributed by atoms with Gasteiger partial charge in [-0.15, -0.1) is 0 Å². The van der Waals surface area contributed by atoms with E-state index in [1.165, 1.54) is 6.08 Å². The summed E-state index contributed by atoms with van der Waals surface area (Å²) in [5.41, 5.74) is 1.74. The average molecular weight is 173 g/mol. The maximum absolute atomic E-state index is 10.1. The Morgan fingerprint density at radius 1 is 1.31 bits per heavy atom. The Hall–Kier alpha value is -1.70. The Morgan fingerprint density at radius 3 is 2.62 bits per heavy atom. The van der Waals surface area contributed by atoms with Crippen molar-refractivity contribution in [1.82, 2.24) is 0 Å². The van der Waals surface area contributed by atoms with Crippen molar-refractivity contribution >= 4 is 12.5 Å². The molecule has 0 atom stereocenters. The molecule has 0 heterocycles. The van der Waals surface area contributed by atoms with Crippen LogP contribution in [0.3, 0.4) is 0 Å². The van der Waals surface area contributed by atoms with Gasteiger partial charge in [0.2, 0.25) is 0 Å². The maximum Gasteiger partial charge on any atom is 0.144 e. The summed E-state index contributed by atoms with van der Waals surface area (Å²) < 4.78 is 0. The molecule has 0 aliphatic rings. The summed E-state index contributed by atoms with van der Waals surface area (Å²) in [6.07, 6.45) is 3.90. The lowest BCUT2D eigenvalue weighted by molar-refractivity contribution is -0.104. The van der Waals surface area contributed by atoms with Crippen molar-refractivity contribution in [3.05, 3.63) is 47.7 Å². The summed E-state index contributed by atoms with van der Waals surface area (Å²) in [5, 5.41) is 0. The third-order valence-corrected chi connectivity index (χ3v) is 1.53. The highest BCUT2D eigenvalue weighted by molar-refractivity contribution is 5.80. The molecule has 0 radical (unpaired) electrons. The first-order valence-electron chi connectivity index (χ1n) is 4.04. The average Bonchev–Trinajstić information content (AvgIpc) is 2.17. The van der Waals surface area contributed by atoms with E-state index in [2.05, 4.69) is 4.99 Å². The second kappa shape index (κ2) is 5.04. The van der Waals surface area contributed by atoms with E-state index in [1.54, 1.807) is 13.1 Å². The van der Waals surface area contributed by atoms with Crippen molar-refractivity contribution in [2.24, 2.45) is 4.99 Å². The summed E-state index contributed by atoms with van der Waals surface area (Å²) in [7, 11) is 0. The van der Waals surface area contributed by atoms with E-state index in [4.69, 9.17) is 0 Å². The van der Waals surface area contributed by atoms with Crippen molar-refractivity contribution in [2.45, 2.75) is 6.92 Å². The van der Waals surface area contributed by atoms with Gasteiger partial charge in [0, 0.05) is 11.9 Å². The minimum absolute atomic E-state index is 0.707. The van der Waals surface area contributed by atoms with E-state index in [0.717, 1.165) is 11.8 Å². The second-order valence-corrected chi connectivity index (χ2v) is 2.61. The van der Waals surface area contributed by atoms with Crippen LogP contribution < -0.4 is 0 Å². The zero-order chi connectivity index (χ0) is 9.52. The third kappa shape index (κ3) is 3.47. The zero-order valence-corrected chi connectivity index (χ0v) is 7.47. The maximum atomic E-state index is 10.1. The summed E-state index contributed by atoms with van der Waals surface area (Å²) in [5.74, 6) is 0. The molecular weight excluding hydrogens is 162 g/mol. The van der Waals surface area contributed by atoms with Crippen LogP contribution in [0.15, 0.2) is 47.1 Å². The Morgan fingerprint density at radius 2 is 2.00 bits per heavy atom. The van der Waals surface area contributed by atoms with Crippen LogP contribution in [-0.2, 0) is 4.79 Å². The number of benzene rings is 1. The topological polar surface area (TPSA) is 29.4 Å². The molecule has 0 spiro atoms. The molecule has 13 heavy (non-hydrogen) atoms. The number of nitrogens with zero attached hydrogens (tertiary/aromatic N) is 1. The van der Waals surface area contributed by atoms with E-state index in [9.17, 15) is 4.79 Å². The molecule has 0 saturated heterocycles. The summed E-state index contributed by atoms with van der Waals surface area (Å²) in [4.78, 5) is 14.2. The van der Waals surface area contributed by atoms with Crippen molar-refractivity contribution in [2.75, 3.05) is 0 Å². The Labute approximate surface area is 77.6 Å². The number of rotatable bonds is 3. The number of allylic oxidation sites excluding steroid dienone is 2. The normalized spacial score (nSPS) is 11.9. The monoisotopic (exact) mass is 173 g/mol. The summed E-state index contributed by atoms with van der Waals surface area (Å²) in [6.45, 7) is 1.79. The van der Waals surface area contributed by atoms with E-state index in [-0.39, 0.29) is 0 Å². The number of hydrogen-bond acceptors (Lipinski definition) is 2. The lowest BCUT2D eigenvalue weighted by Gasteiger charge is -1.90. The molecule has 1 aromatic rings. The molecule has 1 aromatic carbocycles. The van der Waals surface area contributed by atoms with Crippen molar-refractivity contribution in [3.63, 3.8) is 0 Å². The molecular formula is C11H11NO. The van der Waals surface area contributed by atoms with Gasteiger partial charge >= 0.3 is 0 Å². The van der Waals surface area contributed by atoms with Gasteiger partial charge in [0.1, 0.15) is 6.29 Å². The van der Waals surface area contributed by atoms with Gasteiger partial charge in [-0.25, -0.2) is 0 Å². The Balaban J connectivity index is 2.69. The van der Waals surface area contributed by atoms with Crippen LogP contribution in [0.2, 0.25) is 0 Å². The van der Waals surface area contributed by atoms with Gasteiger partial charge in [0.25, 0.3) is 0 Å². The van der Waals surface area contributed by atoms with Gasteiger partial charge in [-0.05, 0) is 18.6 Å². The minimum Gasteiger partial charge on any atom is -0.298 e. The van der Waals surface area contributed by atoms with Crippen molar-refractivity contribution < 1.29 is 4.79 Å². The van der Waals surface area contributed by atoms with Gasteiger partial charge in [-0.2, -0.15) is 0 Å². The molecule has 0 saturated carbocycles. The van der Waals surface area contributed by atoms with Crippen LogP contribution in [0.1, 0.15) is 12.5 Å². The van der Waals surface area contributed by atoms with Crippen LogP contribution >= 0.6 is 0 Å². The van der Waals surface area contributed by atoms with Crippen molar-refractivity contribution in [3.8, 4) is 0 Å². The fraction of sp³-hybridized carbons (Fsp3) is 0.0909. The first-order valence-corrected chi connectivity index (χ1v) is 4.04. The molecule has 0 amide bonds. The SMILES string of the molecule is C/C(=C\C=O)N=Cc1ccccc1. The predicted molar refractivity (Wildman–Crippen MR) is 53.9 cm³/mol. The molecule has 0 N–H and O–H groups in total. The highest BCUT2D eigenvalue weighted by Crippen LogP contribution is 1.97. The molecule has 0 aliphatic heterocycles. The first-order chi connectivity index (χ1) is 6.33.